The summed E-state index contributed by atoms with van der Waals surface area (Å²) in [5.41, 5.74) is -2.32. The third-order valence-corrected chi connectivity index (χ3v) is 6.67. The van der Waals surface area contributed by atoms with Crippen molar-refractivity contribution in [3.63, 3.8) is 0 Å². The van der Waals surface area contributed by atoms with Crippen LogP contribution in [0.1, 0.15) is 71.5 Å². The van der Waals surface area contributed by atoms with Crippen molar-refractivity contribution < 1.29 is 41.9 Å². The van der Waals surface area contributed by atoms with Gasteiger partial charge in [-0.15, -0.1) is 0 Å². The molecule has 13 heteroatoms. The zero-order valence-electron chi connectivity index (χ0n) is 23.1. The monoisotopic (exact) mass is 566 g/mol. The van der Waals surface area contributed by atoms with Crippen LogP contribution in [0.5, 0.6) is 0 Å². The number of benzene rings is 1. The van der Waals surface area contributed by atoms with Crippen LogP contribution in [0.4, 0.5) is 18.0 Å². The molecule has 40 heavy (non-hydrogen) atoms. The molecule has 1 N–H and O–H groups in total. The molecular weight excluding hydrogens is 533 g/mol. The molecule has 1 aliphatic carbocycles. The van der Waals surface area contributed by atoms with Crippen LogP contribution in [0, 0.1) is 0 Å². The Kier molecular flexibility index (Phi) is 8.27. The van der Waals surface area contributed by atoms with Gasteiger partial charge < -0.3 is 14.8 Å². The van der Waals surface area contributed by atoms with E-state index in [4.69, 9.17) is 14.3 Å². The van der Waals surface area contributed by atoms with Gasteiger partial charge >= 0.3 is 12.3 Å². The van der Waals surface area contributed by atoms with Crippen LogP contribution in [-0.2, 0) is 20.5 Å². The number of halogens is 3. The van der Waals surface area contributed by atoms with Gasteiger partial charge in [-0.25, -0.2) is 14.8 Å². The Morgan fingerprint density at radius 1 is 1.18 bits per heavy atom. The number of fused-ring (bicyclic) bond motifs is 1. The second-order valence-corrected chi connectivity index (χ2v) is 10.9. The van der Waals surface area contributed by atoms with E-state index < -0.39 is 46.8 Å². The van der Waals surface area contributed by atoms with Crippen LogP contribution in [0.25, 0.3) is 10.9 Å². The smallest absolute Gasteiger partial charge is 0.418 e. The fourth-order valence-corrected chi connectivity index (χ4v) is 4.45. The van der Waals surface area contributed by atoms with Crippen molar-refractivity contribution in [1.82, 2.24) is 20.3 Å². The highest BCUT2D eigenvalue weighted by molar-refractivity contribution is 6.09. The first-order chi connectivity index (χ1) is 18.7. The number of carbonyl (C=O) groups excluding carboxylic acids is 3. The zero-order valence-corrected chi connectivity index (χ0v) is 23.1. The average molecular weight is 567 g/mol. The van der Waals surface area contributed by atoms with Gasteiger partial charge in [0.25, 0.3) is 11.8 Å². The Morgan fingerprint density at radius 3 is 2.48 bits per heavy atom. The number of alkyl halides is 3. The third kappa shape index (κ3) is 6.64. The summed E-state index contributed by atoms with van der Waals surface area (Å²) in [6, 6.07) is 3.16. The van der Waals surface area contributed by atoms with E-state index in [1.54, 1.807) is 20.8 Å². The van der Waals surface area contributed by atoms with Gasteiger partial charge in [0, 0.05) is 25.5 Å². The zero-order chi connectivity index (χ0) is 29.4. The van der Waals surface area contributed by atoms with Crippen LogP contribution in [-0.4, -0.2) is 85.0 Å². The van der Waals surface area contributed by atoms with Gasteiger partial charge in [-0.05, 0) is 63.3 Å². The first kappa shape index (κ1) is 29.5. The van der Waals surface area contributed by atoms with Crippen molar-refractivity contribution in [2.45, 2.75) is 57.3 Å². The summed E-state index contributed by atoms with van der Waals surface area (Å²) >= 11 is 0. The van der Waals surface area contributed by atoms with Gasteiger partial charge in [0.15, 0.2) is 0 Å². The molecule has 0 spiro atoms. The average Bonchev–Trinajstić information content (AvgIpc) is 3.74. The van der Waals surface area contributed by atoms with E-state index in [0.717, 1.165) is 30.0 Å². The van der Waals surface area contributed by atoms with Crippen LogP contribution < -0.4 is 5.32 Å². The topological polar surface area (TPSA) is 110 Å². The molecule has 2 heterocycles. The third-order valence-electron chi connectivity index (χ3n) is 6.67. The molecule has 4 rings (SSSR count). The summed E-state index contributed by atoms with van der Waals surface area (Å²) < 4.78 is 53.4. The molecule has 0 bridgehead atoms. The fourth-order valence-electron chi connectivity index (χ4n) is 4.45. The number of pyridine rings is 1. The molecule has 2 fully saturated rings. The van der Waals surface area contributed by atoms with Crippen molar-refractivity contribution in [1.29, 1.82) is 0 Å². The summed E-state index contributed by atoms with van der Waals surface area (Å²) in [5.74, 6) is -1.57. The SMILES string of the molecule is CON(C)C(=O)c1cc(C(=O)NCC2COCCN2C(=O)OC(C)(C)C)nc2c(C(F)(F)F)cc(C3CC3)cc12. The van der Waals surface area contributed by atoms with Gasteiger partial charge in [-0.3, -0.25) is 19.3 Å². The molecule has 1 unspecified atom stereocenters. The van der Waals surface area contributed by atoms with Gasteiger partial charge in [0.2, 0.25) is 0 Å². The number of rotatable bonds is 6. The highest BCUT2D eigenvalue weighted by Crippen LogP contribution is 2.44. The number of amides is 3. The van der Waals surface area contributed by atoms with Gasteiger partial charge in [-0.1, -0.05) is 0 Å². The lowest BCUT2D eigenvalue weighted by Gasteiger charge is -2.36. The lowest BCUT2D eigenvalue weighted by atomic mass is 9.97. The van der Waals surface area contributed by atoms with Crippen molar-refractivity contribution >= 4 is 28.8 Å². The fraction of sp³-hybridized carbons (Fsp3) is 0.556. The van der Waals surface area contributed by atoms with E-state index in [9.17, 15) is 27.6 Å². The van der Waals surface area contributed by atoms with Crippen molar-refractivity contribution in [3.8, 4) is 0 Å². The van der Waals surface area contributed by atoms with E-state index in [-0.39, 0.29) is 48.9 Å². The Balaban J connectivity index is 1.69. The molecule has 1 saturated heterocycles. The minimum absolute atomic E-state index is 0.0149. The molecule has 0 radical (unpaired) electrons. The molecule has 1 aliphatic heterocycles. The molecular formula is C27H33F3N4O6. The summed E-state index contributed by atoms with van der Waals surface area (Å²) in [4.78, 5) is 49.5. The Bertz CT molecular complexity index is 1310. The number of morpholine rings is 1. The predicted molar refractivity (Wildman–Crippen MR) is 138 cm³/mol. The number of nitrogens with zero attached hydrogens (tertiary/aromatic N) is 3. The molecule has 218 valence electrons. The summed E-state index contributed by atoms with van der Waals surface area (Å²) in [6.45, 7) is 5.77. The van der Waals surface area contributed by atoms with Crippen molar-refractivity contribution in [2.24, 2.45) is 0 Å². The molecule has 1 saturated carbocycles. The van der Waals surface area contributed by atoms with Crippen LogP contribution in [0.2, 0.25) is 0 Å². The number of hydrogen-bond donors (Lipinski definition) is 1. The maximum absolute atomic E-state index is 14.2. The minimum atomic E-state index is -4.77. The summed E-state index contributed by atoms with van der Waals surface area (Å²) in [7, 11) is 2.56. The van der Waals surface area contributed by atoms with Gasteiger partial charge in [-0.2, -0.15) is 13.2 Å². The standard InChI is InChI=1S/C27H33F3N4O6/c1-26(2,3)40-25(37)34-8-9-39-14-17(34)13-31-23(35)21-12-19(24(36)33(4)38-5)18-10-16(15-6-7-15)11-20(22(18)32-21)27(28,29)30/h10-12,15,17H,6-9,13-14H2,1-5H3,(H,31,35). The van der Waals surface area contributed by atoms with E-state index in [1.165, 1.54) is 25.1 Å². The summed E-state index contributed by atoms with van der Waals surface area (Å²) in [6.07, 6.45) is -3.84. The normalized spacial score (nSPS) is 18.0. The second kappa shape index (κ2) is 11.2. The molecule has 10 nitrogen and oxygen atoms in total. The second-order valence-electron chi connectivity index (χ2n) is 10.9. The number of carbonyl (C=O) groups is 3. The lowest BCUT2D eigenvalue weighted by molar-refractivity contribution is -0.136. The Hall–Kier alpha value is -3.45. The molecule has 2 aromatic rings. The van der Waals surface area contributed by atoms with Crippen LogP contribution in [0.15, 0.2) is 18.2 Å². The van der Waals surface area contributed by atoms with Gasteiger partial charge in [0.05, 0.1) is 43.0 Å². The van der Waals surface area contributed by atoms with E-state index in [1.807, 2.05) is 0 Å². The first-order valence-electron chi connectivity index (χ1n) is 12.9. The lowest BCUT2D eigenvalue weighted by Crippen LogP contribution is -2.54. The highest BCUT2D eigenvalue weighted by Gasteiger charge is 2.37. The molecule has 1 atom stereocenters. The summed E-state index contributed by atoms with van der Waals surface area (Å²) in [5, 5.41) is 3.47. The highest BCUT2D eigenvalue weighted by atomic mass is 19.4. The molecule has 1 aromatic heterocycles. The number of hydrogen-bond acceptors (Lipinski definition) is 7. The van der Waals surface area contributed by atoms with Crippen LogP contribution in [0.3, 0.4) is 0 Å². The Labute approximate surface area is 229 Å². The molecule has 1 aromatic carbocycles. The first-order valence-corrected chi connectivity index (χ1v) is 12.9. The number of ether oxygens (including phenoxy) is 2. The minimum Gasteiger partial charge on any atom is -0.444 e. The molecule has 3 amide bonds. The van der Waals surface area contributed by atoms with Crippen molar-refractivity contribution in [3.05, 3.63) is 40.6 Å². The van der Waals surface area contributed by atoms with E-state index in [2.05, 4.69) is 10.3 Å². The quantitative estimate of drug-likeness (QED) is 0.524. The number of aromatic nitrogens is 1. The Morgan fingerprint density at radius 2 is 1.88 bits per heavy atom. The predicted octanol–water partition coefficient (Wildman–Crippen LogP) is 4.13. The number of nitrogens with one attached hydrogen (secondary N) is 1. The molecule has 2 aliphatic rings. The van der Waals surface area contributed by atoms with E-state index in [0.29, 0.717) is 5.56 Å². The van der Waals surface area contributed by atoms with Gasteiger partial charge in [0.1, 0.15) is 11.3 Å². The van der Waals surface area contributed by atoms with Crippen molar-refractivity contribution in [2.75, 3.05) is 40.5 Å². The van der Waals surface area contributed by atoms with E-state index >= 15 is 0 Å². The maximum atomic E-state index is 14.2. The van der Waals surface area contributed by atoms with Crippen LogP contribution >= 0.6 is 0 Å². The maximum Gasteiger partial charge on any atom is 0.418 e. The number of hydroxylamine groups is 2. The largest absolute Gasteiger partial charge is 0.444 e.